The molecule has 1 saturated heterocycles. The van der Waals surface area contributed by atoms with Crippen LogP contribution in [0.2, 0.25) is 5.02 Å². The van der Waals surface area contributed by atoms with Crippen molar-refractivity contribution >= 4 is 28.9 Å². The minimum Gasteiger partial charge on any atom is -0.377 e. The average molecular weight is 331 g/mol. The van der Waals surface area contributed by atoms with Gasteiger partial charge in [0.25, 0.3) is 5.91 Å². The molecule has 1 unspecified atom stereocenters. The number of halogens is 1. The lowest BCUT2D eigenvalue weighted by Gasteiger charge is -2.35. The van der Waals surface area contributed by atoms with Crippen LogP contribution in [0.1, 0.15) is 17.3 Å². The van der Waals surface area contributed by atoms with E-state index in [1.807, 2.05) is 24.3 Å². The SMILES string of the molecule is CC1COCCN1c1ccc(NC(=O)c2cccc(Cl)c2)cc1. The zero-order valence-electron chi connectivity index (χ0n) is 13.0. The van der Waals surface area contributed by atoms with E-state index in [9.17, 15) is 4.79 Å². The number of benzene rings is 2. The largest absolute Gasteiger partial charge is 0.377 e. The number of nitrogens with zero attached hydrogens (tertiary/aromatic N) is 1. The molecule has 0 aliphatic carbocycles. The van der Waals surface area contributed by atoms with Crippen LogP contribution < -0.4 is 10.2 Å². The van der Waals surface area contributed by atoms with Gasteiger partial charge in [-0.1, -0.05) is 17.7 Å². The van der Waals surface area contributed by atoms with Gasteiger partial charge in [0.15, 0.2) is 0 Å². The summed E-state index contributed by atoms with van der Waals surface area (Å²) in [5.41, 5.74) is 2.45. The van der Waals surface area contributed by atoms with Crippen molar-refractivity contribution in [1.82, 2.24) is 0 Å². The molecule has 0 spiro atoms. The van der Waals surface area contributed by atoms with E-state index in [2.05, 4.69) is 17.1 Å². The molecule has 1 heterocycles. The van der Waals surface area contributed by atoms with Crippen LogP contribution in [0.3, 0.4) is 0 Å². The summed E-state index contributed by atoms with van der Waals surface area (Å²) in [7, 11) is 0. The van der Waals surface area contributed by atoms with E-state index in [-0.39, 0.29) is 5.91 Å². The average Bonchev–Trinajstić information content (AvgIpc) is 2.56. The monoisotopic (exact) mass is 330 g/mol. The van der Waals surface area contributed by atoms with Gasteiger partial charge in [-0.25, -0.2) is 0 Å². The quantitative estimate of drug-likeness (QED) is 0.930. The van der Waals surface area contributed by atoms with Gasteiger partial charge in [0.05, 0.1) is 13.2 Å². The van der Waals surface area contributed by atoms with Crippen LogP contribution in [-0.2, 0) is 4.74 Å². The van der Waals surface area contributed by atoms with Gasteiger partial charge in [-0.05, 0) is 49.4 Å². The third kappa shape index (κ3) is 3.84. The molecule has 1 amide bonds. The van der Waals surface area contributed by atoms with Crippen LogP contribution in [0, 0.1) is 0 Å². The van der Waals surface area contributed by atoms with Crippen LogP contribution in [-0.4, -0.2) is 31.7 Å². The van der Waals surface area contributed by atoms with Gasteiger partial charge < -0.3 is 15.0 Å². The normalized spacial score (nSPS) is 17.8. The van der Waals surface area contributed by atoms with Crippen molar-refractivity contribution in [3.05, 3.63) is 59.1 Å². The Labute approximate surface area is 141 Å². The number of carbonyl (C=O) groups excluding carboxylic acids is 1. The van der Waals surface area contributed by atoms with Crippen LogP contribution >= 0.6 is 11.6 Å². The Balaban J connectivity index is 1.69. The zero-order valence-corrected chi connectivity index (χ0v) is 13.7. The number of amides is 1. The maximum absolute atomic E-state index is 12.2. The number of carbonyl (C=O) groups is 1. The Morgan fingerprint density at radius 2 is 2.04 bits per heavy atom. The van der Waals surface area contributed by atoms with Gasteiger partial charge in [-0.2, -0.15) is 0 Å². The standard InChI is InChI=1S/C18H19ClN2O2/c1-13-12-23-10-9-21(13)17-7-5-16(6-8-17)20-18(22)14-3-2-4-15(19)11-14/h2-8,11,13H,9-10,12H2,1H3,(H,20,22). The maximum Gasteiger partial charge on any atom is 0.255 e. The highest BCUT2D eigenvalue weighted by Gasteiger charge is 2.18. The van der Waals surface area contributed by atoms with Crippen molar-refractivity contribution in [3.8, 4) is 0 Å². The minimum atomic E-state index is -0.167. The van der Waals surface area contributed by atoms with Gasteiger partial charge in [0.2, 0.25) is 0 Å². The molecule has 0 radical (unpaired) electrons. The second kappa shape index (κ2) is 7.02. The van der Waals surface area contributed by atoms with Gasteiger partial charge in [-0.3, -0.25) is 4.79 Å². The van der Waals surface area contributed by atoms with E-state index in [0.717, 1.165) is 31.1 Å². The first-order chi connectivity index (χ1) is 11.1. The third-order valence-electron chi connectivity index (χ3n) is 3.91. The van der Waals surface area contributed by atoms with E-state index in [1.54, 1.807) is 24.3 Å². The molecule has 120 valence electrons. The number of nitrogens with one attached hydrogen (secondary N) is 1. The molecule has 1 atom stereocenters. The first-order valence-electron chi connectivity index (χ1n) is 7.65. The van der Waals surface area contributed by atoms with Crippen molar-refractivity contribution in [1.29, 1.82) is 0 Å². The number of rotatable bonds is 3. The van der Waals surface area contributed by atoms with Crippen LogP contribution in [0.25, 0.3) is 0 Å². The first kappa shape index (κ1) is 15.8. The van der Waals surface area contributed by atoms with Crippen molar-refractivity contribution in [2.75, 3.05) is 30.0 Å². The Kier molecular flexibility index (Phi) is 4.84. The summed E-state index contributed by atoms with van der Waals surface area (Å²) in [5.74, 6) is -0.167. The third-order valence-corrected chi connectivity index (χ3v) is 4.15. The summed E-state index contributed by atoms with van der Waals surface area (Å²) >= 11 is 5.92. The Hall–Kier alpha value is -2.04. The molecule has 0 bridgehead atoms. The summed E-state index contributed by atoms with van der Waals surface area (Å²) < 4.78 is 5.46. The van der Waals surface area contributed by atoms with Gasteiger partial charge in [0, 0.05) is 34.5 Å². The Bertz CT molecular complexity index is 688. The van der Waals surface area contributed by atoms with Gasteiger partial charge in [0.1, 0.15) is 0 Å². The molecule has 1 fully saturated rings. The Morgan fingerprint density at radius 1 is 1.26 bits per heavy atom. The predicted molar refractivity (Wildman–Crippen MR) is 93.5 cm³/mol. The topological polar surface area (TPSA) is 41.6 Å². The summed E-state index contributed by atoms with van der Waals surface area (Å²) in [6, 6.07) is 15.1. The molecular weight excluding hydrogens is 312 g/mol. The van der Waals surface area contributed by atoms with Crippen molar-refractivity contribution in [3.63, 3.8) is 0 Å². The summed E-state index contributed by atoms with van der Waals surface area (Å²) in [4.78, 5) is 14.5. The van der Waals surface area contributed by atoms with Crippen molar-refractivity contribution < 1.29 is 9.53 Å². The number of morpholine rings is 1. The lowest BCUT2D eigenvalue weighted by Crippen LogP contribution is -2.43. The molecule has 5 heteroatoms. The molecule has 4 nitrogen and oxygen atoms in total. The molecule has 0 aromatic heterocycles. The minimum absolute atomic E-state index is 0.167. The van der Waals surface area contributed by atoms with Crippen LogP contribution in [0.5, 0.6) is 0 Å². The summed E-state index contributed by atoms with van der Waals surface area (Å²) in [6.07, 6.45) is 0. The molecule has 1 N–H and O–H groups in total. The molecule has 0 saturated carbocycles. The Morgan fingerprint density at radius 3 is 2.74 bits per heavy atom. The molecule has 1 aliphatic heterocycles. The highest BCUT2D eigenvalue weighted by Crippen LogP contribution is 2.22. The maximum atomic E-state index is 12.2. The molecule has 2 aromatic carbocycles. The fraction of sp³-hybridized carbons (Fsp3) is 0.278. The second-order valence-electron chi connectivity index (χ2n) is 5.63. The van der Waals surface area contributed by atoms with Crippen LogP contribution in [0.15, 0.2) is 48.5 Å². The van der Waals surface area contributed by atoms with Crippen molar-refractivity contribution in [2.24, 2.45) is 0 Å². The number of ether oxygens (including phenoxy) is 1. The molecule has 2 aromatic rings. The van der Waals surface area contributed by atoms with E-state index in [4.69, 9.17) is 16.3 Å². The smallest absolute Gasteiger partial charge is 0.255 e. The molecule has 1 aliphatic rings. The number of anilines is 2. The molecule has 3 rings (SSSR count). The van der Waals surface area contributed by atoms with Gasteiger partial charge in [-0.15, -0.1) is 0 Å². The first-order valence-corrected chi connectivity index (χ1v) is 8.02. The predicted octanol–water partition coefficient (Wildman–Crippen LogP) is 3.82. The van der Waals surface area contributed by atoms with Crippen molar-refractivity contribution in [2.45, 2.75) is 13.0 Å². The number of hydrogen-bond donors (Lipinski definition) is 1. The lowest BCUT2D eigenvalue weighted by molar-refractivity contribution is 0.0989. The fourth-order valence-electron chi connectivity index (χ4n) is 2.68. The van der Waals surface area contributed by atoms with E-state index in [1.165, 1.54) is 0 Å². The number of hydrogen-bond acceptors (Lipinski definition) is 3. The van der Waals surface area contributed by atoms with Gasteiger partial charge >= 0.3 is 0 Å². The second-order valence-corrected chi connectivity index (χ2v) is 6.07. The highest BCUT2D eigenvalue weighted by molar-refractivity contribution is 6.31. The molecular formula is C18H19ClN2O2. The van der Waals surface area contributed by atoms with Crippen LogP contribution in [0.4, 0.5) is 11.4 Å². The van der Waals surface area contributed by atoms with E-state index >= 15 is 0 Å². The van der Waals surface area contributed by atoms with E-state index < -0.39 is 0 Å². The fourth-order valence-corrected chi connectivity index (χ4v) is 2.87. The van der Waals surface area contributed by atoms with E-state index in [0.29, 0.717) is 16.6 Å². The highest BCUT2D eigenvalue weighted by atomic mass is 35.5. The summed E-state index contributed by atoms with van der Waals surface area (Å²) in [5, 5.41) is 3.44. The lowest BCUT2D eigenvalue weighted by atomic mass is 10.2. The molecule has 23 heavy (non-hydrogen) atoms. The summed E-state index contributed by atoms with van der Waals surface area (Å²) in [6.45, 7) is 4.52. The zero-order chi connectivity index (χ0) is 16.2.